The molecule has 0 spiro atoms. The number of aliphatic hydroxyl groups is 1. The van der Waals surface area contributed by atoms with Gasteiger partial charge in [-0.05, 0) is 37.5 Å². The SMILES string of the molecule is CCCCCCCCCCCCCCCCC(=O)OC[C@H](COP(=O)(O)OC[C@@H](O)COP(=O)(O)OC[C@@H](COC(=O)CCCCCCCCCCC(C)CC)OC(=O)CCCCCCCCCCCCCCC)OC(=O)CCCCCCCCCCCCCCCCC(C)C. The van der Waals surface area contributed by atoms with Crippen LogP contribution in [0, 0.1) is 11.8 Å². The Hall–Kier alpha value is -1.94. The topological polar surface area (TPSA) is 237 Å². The molecule has 96 heavy (non-hydrogen) atoms. The number of hydrogen-bond donors (Lipinski definition) is 3. The Morgan fingerprint density at radius 3 is 0.792 bits per heavy atom. The summed E-state index contributed by atoms with van der Waals surface area (Å²) in [7, 11) is -9.91. The first-order valence-corrected chi connectivity index (χ1v) is 43.0. The van der Waals surface area contributed by atoms with Gasteiger partial charge >= 0.3 is 39.5 Å². The monoisotopic (exact) mass is 1410 g/mol. The number of phosphoric ester groups is 2. The molecule has 0 amide bonds. The molecule has 0 heterocycles. The lowest BCUT2D eigenvalue weighted by Gasteiger charge is -2.21. The molecule has 17 nitrogen and oxygen atoms in total. The van der Waals surface area contributed by atoms with Crippen molar-refractivity contribution in [2.24, 2.45) is 11.8 Å². The molecule has 0 aliphatic carbocycles. The first-order chi connectivity index (χ1) is 46.4. The highest BCUT2D eigenvalue weighted by Crippen LogP contribution is 2.45. The average Bonchev–Trinajstić information content (AvgIpc) is 1.17. The van der Waals surface area contributed by atoms with Gasteiger partial charge in [0.05, 0.1) is 26.4 Å². The van der Waals surface area contributed by atoms with Crippen molar-refractivity contribution in [3.63, 3.8) is 0 Å². The van der Waals surface area contributed by atoms with Crippen LogP contribution >= 0.6 is 15.6 Å². The fourth-order valence-electron chi connectivity index (χ4n) is 11.8. The van der Waals surface area contributed by atoms with E-state index in [0.717, 1.165) is 102 Å². The van der Waals surface area contributed by atoms with E-state index in [1.165, 1.54) is 218 Å². The van der Waals surface area contributed by atoms with E-state index in [1.54, 1.807) is 0 Å². The van der Waals surface area contributed by atoms with E-state index in [4.69, 9.17) is 37.0 Å². The Bertz CT molecular complexity index is 1860. The molecule has 0 saturated carbocycles. The molecule has 0 bridgehead atoms. The van der Waals surface area contributed by atoms with Crippen LogP contribution in [0.15, 0.2) is 0 Å². The predicted octanol–water partition coefficient (Wildman–Crippen LogP) is 22.7. The van der Waals surface area contributed by atoms with Crippen LogP contribution in [0.3, 0.4) is 0 Å². The molecule has 6 atom stereocenters. The minimum Gasteiger partial charge on any atom is -0.462 e. The Morgan fingerprint density at radius 1 is 0.302 bits per heavy atom. The second-order valence-corrected chi connectivity index (χ2v) is 31.4. The highest BCUT2D eigenvalue weighted by Gasteiger charge is 2.30. The molecule has 0 radical (unpaired) electrons. The van der Waals surface area contributed by atoms with Crippen LogP contribution in [0.5, 0.6) is 0 Å². The maximum absolute atomic E-state index is 13.1. The van der Waals surface area contributed by atoms with Gasteiger partial charge in [-0.2, -0.15) is 0 Å². The van der Waals surface area contributed by atoms with Gasteiger partial charge in [-0.15, -0.1) is 0 Å². The van der Waals surface area contributed by atoms with E-state index < -0.39 is 97.5 Å². The molecular formula is C77H150O17P2. The fraction of sp³-hybridized carbons (Fsp3) is 0.948. The lowest BCUT2D eigenvalue weighted by atomic mass is 9.99. The summed E-state index contributed by atoms with van der Waals surface area (Å²) in [5.74, 6) is -0.538. The van der Waals surface area contributed by atoms with Gasteiger partial charge in [0, 0.05) is 25.7 Å². The van der Waals surface area contributed by atoms with E-state index in [2.05, 4.69) is 41.5 Å². The summed E-state index contributed by atoms with van der Waals surface area (Å²) in [6, 6.07) is 0. The number of carbonyl (C=O) groups excluding carboxylic acids is 4. The van der Waals surface area contributed by atoms with Gasteiger partial charge in [0.25, 0.3) is 0 Å². The number of rotatable bonds is 76. The summed E-state index contributed by atoms with van der Waals surface area (Å²) in [5.41, 5.74) is 0. The maximum Gasteiger partial charge on any atom is 0.472 e. The Kier molecular flexibility index (Phi) is 67.4. The Balaban J connectivity index is 5.26. The summed E-state index contributed by atoms with van der Waals surface area (Å²) < 4.78 is 68.6. The molecule has 0 aliphatic rings. The predicted molar refractivity (Wildman–Crippen MR) is 391 cm³/mol. The largest absolute Gasteiger partial charge is 0.472 e. The normalized spacial score (nSPS) is 14.3. The van der Waals surface area contributed by atoms with Crippen molar-refractivity contribution in [3.8, 4) is 0 Å². The number of aliphatic hydroxyl groups excluding tert-OH is 1. The quantitative estimate of drug-likeness (QED) is 0.0222. The highest BCUT2D eigenvalue weighted by atomic mass is 31.2. The second kappa shape index (κ2) is 68.8. The zero-order valence-corrected chi connectivity index (χ0v) is 64.5. The molecule has 570 valence electrons. The third-order valence-corrected chi connectivity index (χ3v) is 20.2. The van der Waals surface area contributed by atoms with Gasteiger partial charge in [-0.1, -0.05) is 350 Å². The van der Waals surface area contributed by atoms with Crippen molar-refractivity contribution in [1.29, 1.82) is 0 Å². The summed E-state index contributed by atoms with van der Waals surface area (Å²) in [6.07, 6.45) is 56.6. The van der Waals surface area contributed by atoms with Crippen LogP contribution in [0.1, 0.15) is 401 Å². The number of unbranched alkanes of at least 4 members (excludes halogenated alkanes) is 45. The molecule has 0 aromatic rings. The molecule has 0 fully saturated rings. The zero-order valence-electron chi connectivity index (χ0n) is 62.7. The number of esters is 4. The molecule has 0 aromatic carbocycles. The van der Waals surface area contributed by atoms with Crippen LogP contribution < -0.4 is 0 Å². The molecule has 3 unspecified atom stereocenters. The summed E-state index contributed by atoms with van der Waals surface area (Å²) >= 11 is 0. The van der Waals surface area contributed by atoms with E-state index in [0.29, 0.717) is 25.7 Å². The zero-order chi connectivity index (χ0) is 70.7. The summed E-state index contributed by atoms with van der Waals surface area (Å²) in [4.78, 5) is 72.9. The minimum absolute atomic E-state index is 0.107. The lowest BCUT2D eigenvalue weighted by molar-refractivity contribution is -0.161. The van der Waals surface area contributed by atoms with Crippen molar-refractivity contribution in [2.45, 2.75) is 419 Å². The van der Waals surface area contributed by atoms with Crippen molar-refractivity contribution in [2.75, 3.05) is 39.6 Å². The van der Waals surface area contributed by atoms with Gasteiger partial charge in [0.15, 0.2) is 12.2 Å². The minimum atomic E-state index is -4.96. The van der Waals surface area contributed by atoms with Crippen LogP contribution in [-0.4, -0.2) is 96.7 Å². The summed E-state index contributed by atoms with van der Waals surface area (Å²) in [5, 5.41) is 10.6. The fourth-order valence-corrected chi connectivity index (χ4v) is 13.4. The molecule has 0 saturated heterocycles. The van der Waals surface area contributed by atoms with Crippen LogP contribution in [-0.2, 0) is 65.4 Å². The first-order valence-electron chi connectivity index (χ1n) is 40.0. The Morgan fingerprint density at radius 2 is 0.531 bits per heavy atom. The van der Waals surface area contributed by atoms with E-state index >= 15 is 0 Å². The second-order valence-electron chi connectivity index (χ2n) is 28.5. The number of ether oxygens (including phenoxy) is 4. The van der Waals surface area contributed by atoms with Crippen molar-refractivity contribution in [3.05, 3.63) is 0 Å². The Labute approximate surface area is 588 Å². The van der Waals surface area contributed by atoms with Gasteiger partial charge < -0.3 is 33.8 Å². The van der Waals surface area contributed by atoms with Crippen molar-refractivity contribution in [1.82, 2.24) is 0 Å². The highest BCUT2D eigenvalue weighted by molar-refractivity contribution is 7.47. The number of carbonyl (C=O) groups is 4. The molecular weight excluding hydrogens is 1260 g/mol. The van der Waals surface area contributed by atoms with E-state index in [9.17, 15) is 43.2 Å². The smallest absolute Gasteiger partial charge is 0.462 e. The van der Waals surface area contributed by atoms with Crippen LogP contribution in [0.4, 0.5) is 0 Å². The van der Waals surface area contributed by atoms with Crippen molar-refractivity contribution >= 4 is 39.5 Å². The third-order valence-electron chi connectivity index (χ3n) is 18.3. The van der Waals surface area contributed by atoms with Gasteiger partial charge in [0.1, 0.15) is 19.3 Å². The molecule has 0 rings (SSSR count). The van der Waals surface area contributed by atoms with Crippen LogP contribution in [0.25, 0.3) is 0 Å². The van der Waals surface area contributed by atoms with Crippen molar-refractivity contribution < 1.29 is 80.2 Å². The average molecular weight is 1410 g/mol. The number of phosphoric acid groups is 2. The first kappa shape index (κ1) is 94.1. The van der Waals surface area contributed by atoms with Crippen LogP contribution in [0.2, 0.25) is 0 Å². The van der Waals surface area contributed by atoms with E-state index in [-0.39, 0.29) is 25.7 Å². The lowest BCUT2D eigenvalue weighted by Crippen LogP contribution is -2.30. The van der Waals surface area contributed by atoms with Gasteiger partial charge in [-0.25, -0.2) is 9.13 Å². The maximum atomic E-state index is 13.1. The van der Waals surface area contributed by atoms with Gasteiger partial charge in [-0.3, -0.25) is 37.3 Å². The molecule has 19 heteroatoms. The summed E-state index contributed by atoms with van der Waals surface area (Å²) in [6.45, 7) is 9.64. The van der Waals surface area contributed by atoms with Gasteiger partial charge in [0.2, 0.25) is 0 Å². The molecule has 0 aliphatic heterocycles. The molecule has 3 N–H and O–H groups in total. The standard InChI is InChI=1S/C77H150O17P2/c1-7-10-12-14-16-18-20-22-27-30-34-41-47-53-59-74(79)87-65-72(93-77(82)62-56-50-44-36-32-28-24-23-26-29-33-39-45-51-57-69(4)5)67-91-95(83,84)89-63-71(78)64-90-96(85,86)92-68-73(66-88-75(80)60-54-48-42-38-37-40-46-52-58-70(6)9-3)94-76(81)61-55-49-43-35-31-25-21-19-17-15-13-11-8-2/h69-73,78H,7-68H2,1-6H3,(H,83,84)(H,85,86)/t70?,71-,72-,73-/m1/s1. The molecule has 0 aromatic heterocycles. The van der Waals surface area contributed by atoms with E-state index in [1.807, 2.05) is 0 Å². The number of hydrogen-bond acceptors (Lipinski definition) is 15. The third kappa shape index (κ3) is 69.2.